The molecule has 1 saturated carbocycles. The van der Waals surface area contributed by atoms with E-state index in [0.717, 1.165) is 16.8 Å². The molecule has 1 heterocycles. The average molecular weight is 274 g/mol. The van der Waals surface area contributed by atoms with Crippen LogP contribution in [0.3, 0.4) is 0 Å². The number of fused-ring (bicyclic) bond motifs is 1. The van der Waals surface area contributed by atoms with E-state index in [4.69, 9.17) is 0 Å². The van der Waals surface area contributed by atoms with Crippen LogP contribution in [0.4, 0.5) is 0 Å². The highest BCUT2D eigenvalue weighted by atomic mass is 32.2. The Kier molecular flexibility index (Phi) is 5.35. The lowest BCUT2D eigenvalue weighted by atomic mass is 9.86. The molecule has 2 fully saturated rings. The van der Waals surface area contributed by atoms with Crippen molar-refractivity contribution >= 4 is 27.7 Å². The highest BCUT2D eigenvalue weighted by Gasteiger charge is 2.29. The monoisotopic (exact) mass is 274 g/mol. The normalized spacial score (nSPS) is 32.9. The van der Waals surface area contributed by atoms with Crippen LogP contribution in [0.25, 0.3) is 0 Å². The second-order valence-corrected chi connectivity index (χ2v) is 7.60. The molecule has 3 atom stereocenters. The van der Waals surface area contributed by atoms with Gasteiger partial charge in [0, 0.05) is 34.1 Å². The fourth-order valence-corrected chi connectivity index (χ4v) is 4.24. The number of thioether (sulfide) groups is 1. The van der Waals surface area contributed by atoms with Gasteiger partial charge in [0.25, 0.3) is 0 Å². The lowest BCUT2D eigenvalue weighted by molar-refractivity contribution is 0.311. The third-order valence-corrected chi connectivity index (χ3v) is 5.95. The van der Waals surface area contributed by atoms with Crippen molar-refractivity contribution in [1.29, 1.82) is 0 Å². The summed E-state index contributed by atoms with van der Waals surface area (Å²) in [6.07, 6.45) is 5.42. The summed E-state index contributed by atoms with van der Waals surface area (Å²) in [5, 5.41) is 4.65. The number of hydrogen-bond acceptors (Lipinski definition) is 3. The van der Waals surface area contributed by atoms with Crippen molar-refractivity contribution in [2.24, 2.45) is 10.9 Å². The van der Waals surface area contributed by atoms with Gasteiger partial charge in [-0.2, -0.15) is 0 Å². The molecule has 0 radical (unpaired) electrons. The highest BCUT2D eigenvalue weighted by molar-refractivity contribution is 8.13. The third-order valence-electron chi connectivity index (χ3n) is 3.55. The molecule has 1 N–H and O–H groups in total. The zero-order valence-electron chi connectivity index (χ0n) is 10.5. The molecule has 3 unspecified atom stereocenters. The minimum absolute atomic E-state index is 0.653. The number of aliphatic imine (C=N–C) groups is 1. The highest BCUT2D eigenvalue weighted by Crippen LogP contribution is 2.31. The quantitative estimate of drug-likeness (QED) is 0.852. The molecule has 98 valence electrons. The minimum Gasteiger partial charge on any atom is -0.362 e. The summed E-state index contributed by atoms with van der Waals surface area (Å²) in [4.78, 5) is 4.54. The molecule has 1 aliphatic heterocycles. The lowest BCUT2D eigenvalue weighted by Gasteiger charge is -2.36. The molecule has 0 aromatic carbocycles. The summed E-state index contributed by atoms with van der Waals surface area (Å²) < 4.78 is 11.3. The standard InChI is InChI=1S/C12H22N2OS2/c1-2-17(15)8-7-13-12-14-11-6-4-3-5-10(11)9-16-12/h10-11H,2-9H2,1H3,(H,13,14). The molecule has 2 aliphatic rings. The topological polar surface area (TPSA) is 41.5 Å². The van der Waals surface area contributed by atoms with Crippen LogP contribution in [0, 0.1) is 5.92 Å². The van der Waals surface area contributed by atoms with Crippen molar-refractivity contribution in [3.05, 3.63) is 0 Å². The Morgan fingerprint density at radius 2 is 2.29 bits per heavy atom. The van der Waals surface area contributed by atoms with E-state index < -0.39 is 10.8 Å². The number of hydrogen-bond donors (Lipinski definition) is 1. The summed E-state index contributed by atoms with van der Waals surface area (Å²) in [5.41, 5.74) is 0. The van der Waals surface area contributed by atoms with Crippen molar-refractivity contribution in [3.8, 4) is 0 Å². The number of nitrogens with zero attached hydrogens (tertiary/aromatic N) is 1. The van der Waals surface area contributed by atoms with Gasteiger partial charge in [-0.1, -0.05) is 31.5 Å². The molecule has 0 aromatic heterocycles. The van der Waals surface area contributed by atoms with E-state index in [9.17, 15) is 4.21 Å². The molecule has 17 heavy (non-hydrogen) atoms. The van der Waals surface area contributed by atoms with Crippen molar-refractivity contribution in [2.45, 2.75) is 38.6 Å². The van der Waals surface area contributed by atoms with E-state index in [0.29, 0.717) is 18.3 Å². The van der Waals surface area contributed by atoms with Gasteiger partial charge in [-0.15, -0.1) is 0 Å². The van der Waals surface area contributed by atoms with E-state index >= 15 is 0 Å². The van der Waals surface area contributed by atoms with Crippen LogP contribution in [-0.2, 0) is 10.8 Å². The van der Waals surface area contributed by atoms with Gasteiger partial charge in [-0.3, -0.25) is 9.20 Å². The molecule has 0 bridgehead atoms. The largest absolute Gasteiger partial charge is 0.362 e. The molecule has 2 rings (SSSR count). The molecule has 1 aliphatic carbocycles. The van der Waals surface area contributed by atoms with Gasteiger partial charge in [-0.25, -0.2) is 0 Å². The maximum Gasteiger partial charge on any atom is 0.156 e. The molecule has 5 heteroatoms. The predicted octanol–water partition coefficient (Wildman–Crippen LogP) is 2.01. The first-order chi connectivity index (χ1) is 8.29. The van der Waals surface area contributed by atoms with Crippen LogP contribution in [0.2, 0.25) is 0 Å². The van der Waals surface area contributed by atoms with Crippen LogP contribution >= 0.6 is 11.8 Å². The van der Waals surface area contributed by atoms with Gasteiger partial charge < -0.3 is 5.32 Å². The van der Waals surface area contributed by atoms with Crippen molar-refractivity contribution in [3.63, 3.8) is 0 Å². The summed E-state index contributed by atoms with van der Waals surface area (Å²) in [6, 6.07) is 0.653. The molecular formula is C12H22N2OS2. The molecule has 0 spiro atoms. The van der Waals surface area contributed by atoms with Gasteiger partial charge in [0.2, 0.25) is 0 Å². The Morgan fingerprint density at radius 1 is 1.47 bits per heavy atom. The average Bonchev–Trinajstić information content (AvgIpc) is 2.38. The van der Waals surface area contributed by atoms with Crippen LogP contribution in [0.15, 0.2) is 4.99 Å². The van der Waals surface area contributed by atoms with E-state index in [2.05, 4.69) is 10.3 Å². The Labute approximate surface area is 111 Å². The SMILES string of the molecule is CCS(=O)CCN=C1NC2CCCCC2CS1. The first kappa shape index (κ1) is 13.4. The fourth-order valence-electron chi connectivity index (χ4n) is 2.47. The van der Waals surface area contributed by atoms with Crippen molar-refractivity contribution in [2.75, 3.05) is 23.8 Å². The number of rotatable bonds is 4. The molecule has 0 amide bonds. The zero-order valence-corrected chi connectivity index (χ0v) is 12.1. The number of nitrogens with one attached hydrogen (secondary N) is 1. The second kappa shape index (κ2) is 6.78. The summed E-state index contributed by atoms with van der Waals surface area (Å²) in [5.74, 6) is 3.51. The molecule has 0 aromatic rings. The van der Waals surface area contributed by atoms with Gasteiger partial charge in [-0.05, 0) is 18.8 Å². The maximum atomic E-state index is 11.3. The summed E-state index contributed by atoms with van der Waals surface area (Å²) in [6.45, 7) is 2.66. The summed E-state index contributed by atoms with van der Waals surface area (Å²) in [7, 11) is -0.683. The Balaban J connectivity index is 1.78. The van der Waals surface area contributed by atoms with Crippen molar-refractivity contribution in [1.82, 2.24) is 5.32 Å². The molecular weight excluding hydrogens is 252 g/mol. The Hall–Kier alpha value is -0.0300. The Bertz CT molecular complexity index is 307. The maximum absolute atomic E-state index is 11.3. The number of amidine groups is 1. The third kappa shape index (κ3) is 3.98. The zero-order chi connectivity index (χ0) is 12.1. The first-order valence-electron chi connectivity index (χ1n) is 6.58. The van der Waals surface area contributed by atoms with E-state index in [1.54, 1.807) is 0 Å². The predicted molar refractivity (Wildman–Crippen MR) is 77.2 cm³/mol. The van der Waals surface area contributed by atoms with Gasteiger partial charge in [0.15, 0.2) is 5.17 Å². The van der Waals surface area contributed by atoms with Gasteiger partial charge >= 0.3 is 0 Å². The van der Waals surface area contributed by atoms with Crippen LogP contribution in [-0.4, -0.2) is 39.2 Å². The molecule has 3 nitrogen and oxygen atoms in total. The van der Waals surface area contributed by atoms with E-state index in [1.165, 1.54) is 31.4 Å². The Morgan fingerprint density at radius 3 is 3.12 bits per heavy atom. The molecule has 1 saturated heterocycles. The van der Waals surface area contributed by atoms with Crippen LogP contribution in [0.1, 0.15) is 32.6 Å². The van der Waals surface area contributed by atoms with E-state index in [1.807, 2.05) is 18.7 Å². The fraction of sp³-hybridized carbons (Fsp3) is 0.917. The van der Waals surface area contributed by atoms with Crippen LogP contribution < -0.4 is 5.32 Å². The van der Waals surface area contributed by atoms with Gasteiger partial charge in [0.1, 0.15) is 0 Å². The van der Waals surface area contributed by atoms with Crippen molar-refractivity contribution < 1.29 is 4.21 Å². The van der Waals surface area contributed by atoms with E-state index in [-0.39, 0.29) is 0 Å². The minimum atomic E-state index is -0.683. The lowest BCUT2D eigenvalue weighted by Crippen LogP contribution is -2.46. The summed E-state index contributed by atoms with van der Waals surface area (Å²) >= 11 is 1.85. The van der Waals surface area contributed by atoms with Gasteiger partial charge in [0.05, 0.1) is 6.54 Å². The first-order valence-corrected chi connectivity index (χ1v) is 9.05. The smallest absolute Gasteiger partial charge is 0.156 e. The second-order valence-electron chi connectivity index (χ2n) is 4.73. The van der Waals surface area contributed by atoms with Crippen LogP contribution in [0.5, 0.6) is 0 Å².